The lowest BCUT2D eigenvalue weighted by molar-refractivity contribution is -0.141. The van der Waals surface area contributed by atoms with Crippen LogP contribution in [0.3, 0.4) is 0 Å². The number of rotatable bonds is 34. The van der Waals surface area contributed by atoms with Crippen LogP contribution in [0.15, 0.2) is 97.1 Å². The molecule has 0 spiro atoms. The third-order valence-corrected chi connectivity index (χ3v) is 12.8. The predicted octanol–water partition coefficient (Wildman–Crippen LogP) is 12.4. The summed E-state index contributed by atoms with van der Waals surface area (Å²) in [6.07, 6.45) is 22.3. The molecule has 0 aliphatic heterocycles. The fourth-order valence-electron chi connectivity index (χ4n) is 7.43. The standard InChI is InChI=1S/C19H26O5.C18H24O5.C17H22O5.C16H20O5/c1-15-9-10-16(11-12-19(21)23-3)14-17(15)24-13-7-5-4-6-8-18(20)22-2;1-14-8-9-15(10-11-18(20)22-3)13-16(14)23-12-6-4-5-7-17(19)21-2;1-13-7-8-14(9-10-17(19)21-3)12-15(13)22-11-5-4-6-16(18)20-2;1-12-6-7-13(8-9-16(18)20-3)11-14(12)21-10-4-5-15(17)19-2/h9-12,14H,4-8,13H2,1-3H3;8-11,13H,4-7,12H2,1-3H3;7-10,12H,4-6,11H2,1-3H3;6-9,11H,4-5,10H2,1-3H3/b12-11+;11-10+;10-9+;9-8+. The highest BCUT2D eigenvalue weighted by atomic mass is 16.5. The van der Waals surface area contributed by atoms with Crippen LogP contribution in [0.25, 0.3) is 24.3 Å². The van der Waals surface area contributed by atoms with Gasteiger partial charge in [-0.1, -0.05) is 61.4 Å². The van der Waals surface area contributed by atoms with Gasteiger partial charge < -0.3 is 56.8 Å². The zero-order valence-corrected chi connectivity index (χ0v) is 54.4. The van der Waals surface area contributed by atoms with E-state index in [0.717, 1.165) is 125 Å². The van der Waals surface area contributed by atoms with E-state index in [1.165, 1.54) is 81.2 Å². The van der Waals surface area contributed by atoms with Crippen molar-refractivity contribution in [1.82, 2.24) is 0 Å². The Morgan fingerprint density at radius 1 is 0.278 bits per heavy atom. The molecule has 0 heterocycles. The highest BCUT2D eigenvalue weighted by molar-refractivity contribution is 5.88. The Hall–Kier alpha value is -9.20. The number of unbranched alkanes of at least 4 members (excludes halogenated alkanes) is 6. The largest absolute Gasteiger partial charge is 0.493 e. The van der Waals surface area contributed by atoms with Gasteiger partial charge in [0, 0.05) is 50.0 Å². The third-order valence-electron chi connectivity index (χ3n) is 12.8. The Morgan fingerprint density at radius 3 is 0.744 bits per heavy atom. The molecular weight excluding hydrogens is 1160 g/mol. The molecule has 0 aromatic heterocycles. The zero-order valence-electron chi connectivity index (χ0n) is 54.4. The van der Waals surface area contributed by atoms with Gasteiger partial charge in [0.15, 0.2) is 0 Å². The number of benzene rings is 4. The number of hydrogen-bond donors (Lipinski definition) is 0. The van der Waals surface area contributed by atoms with Gasteiger partial charge in [-0.25, -0.2) is 19.2 Å². The van der Waals surface area contributed by atoms with E-state index in [1.54, 1.807) is 24.3 Å². The van der Waals surface area contributed by atoms with E-state index in [9.17, 15) is 38.4 Å². The van der Waals surface area contributed by atoms with E-state index in [4.69, 9.17) is 18.9 Å². The quantitative estimate of drug-likeness (QED) is 0.0182. The zero-order chi connectivity index (χ0) is 66.9. The van der Waals surface area contributed by atoms with Crippen LogP contribution >= 0.6 is 0 Å². The fraction of sp³-hybridized carbons (Fsp3) is 0.429. The molecule has 0 bridgehead atoms. The number of carbonyl (C=O) groups excluding carboxylic acids is 8. The van der Waals surface area contributed by atoms with Gasteiger partial charge in [-0.2, -0.15) is 0 Å². The maximum Gasteiger partial charge on any atom is 0.330 e. The van der Waals surface area contributed by atoms with Crippen LogP contribution in [-0.4, -0.2) is 131 Å². The van der Waals surface area contributed by atoms with Gasteiger partial charge in [-0.15, -0.1) is 0 Å². The molecule has 20 heteroatoms. The second-order valence-corrected chi connectivity index (χ2v) is 19.8. The van der Waals surface area contributed by atoms with Gasteiger partial charge in [0.25, 0.3) is 0 Å². The number of esters is 8. The van der Waals surface area contributed by atoms with Gasteiger partial charge in [-0.05, 0) is 172 Å². The topological polar surface area (TPSA) is 247 Å². The van der Waals surface area contributed by atoms with Crippen molar-refractivity contribution in [1.29, 1.82) is 0 Å². The van der Waals surface area contributed by atoms with Crippen molar-refractivity contribution in [2.75, 3.05) is 83.3 Å². The minimum Gasteiger partial charge on any atom is -0.493 e. The van der Waals surface area contributed by atoms with Crippen molar-refractivity contribution in [3.8, 4) is 23.0 Å². The Kier molecular flexibility index (Phi) is 42.7. The smallest absolute Gasteiger partial charge is 0.330 e. The Balaban J connectivity index is 0.000000601. The summed E-state index contributed by atoms with van der Waals surface area (Å²) in [6, 6.07) is 22.9. The summed E-state index contributed by atoms with van der Waals surface area (Å²) >= 11 is 0. The van der Waals surface area contributed by atoms with E-state index in [2.05, 4.69) is 37.9 Å². The maximum atomic E-state index is 11.1. The lowest BCUT2D eigenvalue weighted by Crippen LogP contribution is -2.05. The molecule has 90 heavy (non-hydrogen) atoms. The van der Waals surface area contributed by atoms with E-state index in [-0.39, 0.29) is 29.8 Å². The lowest BCUT2D eigenvalue weighted by Gasteiger charge is -2.10. The first-order valence-corrected chi connectivity index (χ1v) is 29.5. The molecule has 0 amide bonds. The monoisotopic (exact) mass is 1250 g/mol. The molecule has 0 unspecified atom stereocenters. The van der Waals surface area contributed by atoms with Crippen molar-refractivity contribution in [3.05, 3.63) is 142 Å². The van der Waals surface area contributed by atoms with Crippen LogP contribution in [0.1, 0.15) is 134 Å². The minimum atomic E-state index is -0.406. The van der Waals surface area contributed by atoms with E-state index >= 15 is 0 Å². The molecule has 0 aliphatic rings. The summed E-state index contributed by atoms with van der Waals surface area (Å²) in [7, 11) is 10.9. The Labute approximate surface area is 530 Å². The van der Waals surface area contributed by atoms with Gasteiger partial charge in [0.2, 0.25) is 0 Å². The van der Waals surface area contributed by atoms with E-state index in [1.807, 2.05) is 100 Å². The normalized spacial score (nSPS) is 10.5. The summed E-state index contributed by atoms with van der Waals surface area (Å²) in [4.78, 5) is 88.3. The number of carbonyl (C=O) groups is 8. The lowest BCUT2D eigenvalue weighted by atomic mass is 10.1. The van der Waals surface area contributed by atoms with Gasteiger partial charge in [0.1, 0.15) is 23.0 Å². The number of ether oxygens (including phenoxy) is 12. The van der Waals surface area contributed by atoms with Crippen molar-refractivity contribution in [2.24, 2.45) is 0 Å². The minimum absolute atomic E-state index is 0.154. The first-order chi connectivity index (χ1) is 43.2. The van der Waals surface area contributed by atoms with E-state index < -0.39 is 17.9 Å². The van der Waals surface area contributed by atoms with Crippen LogP contribution in [-0.2, 0) is 76.3 Å². The summed E-state index contributed by atoms with van der Waals surface area (Å²) in [6.45, 7) is 10.0. The first kappa shape index (κ1) is 78.8. The second-order valence-electron chi connectivity index (χ2n) is 19.8. The summed E-state index contributed by atoms with van der Waals surface area (Å²) in [5.74, 6) is 0.755. The molecule has 0 saturated carbocycles. The molecule has 4 aromatic carbocycles. The Bertz CT molecular complexity index is 2950. The molecule has 0 radical (unpaired) electrons. The third kappa shape index (κ3) is 37.5. The van der Waals surface area contributed by atoms with Crippen LogP contribution in [0, 0.1) is 27.7 Å². The molecule has 0 N–H and O–H groups in total. The van der Waals surface area contributed by atoms with Crippen LogP contribution in [0.5, 0.6) is 23.0 Å². The molecule has 0 fully saturated rings. The average molecular weight is 1250 g/mol. The number of aryl methyl sites for hydroxylation is 4. The molecule has 20 nitrogen and oxygen atoms in total. The second kappa shape index (κ2) is 48.8. The molecule has 0 atom stereocenters. The van der Waals surface area contributed by atoms with Crippen LogP contribution < -0.4 is 18.9 Å². The van der Waals surface area contributed by atoms with Crippen LogP contribution in [0.4, 0.5) is 0 Å². The molecular formula is C70H92O20. The van der Waals surface area contributed by atoms with Crippen molar-refractivity contribution in [3.63, 3.8) is 0 Å². The molecule has 0 aliphatic carbocycles. The molecule has 492 valence electrons. The molecule has 0 saturated heterocycles. The molecule has 4 rings (SSSR count). The average Bonchev–Trinajstić information content (AvgIpc) is 3.29. The SMILES string of the molecule is COC(=O)/C=C/c1ccc(C)c(OCCCC(=O)OC)c1.COC(=O)/C=C/c1ccc(C)c(OCCCCC(=O)OC)c1.COC(=O)/C=C/c1ccc(C)c(OCCCCCC(=O)OC)c1.COC(=O)/C=C/c1ccc(C)c(OCCCCCCC(=O)OC)c1. The van der Waals surface area contributed by atoms with Gasteiger partial charge in [-0.3, -0.25) is 19.2 Å². The fourth-order valence-corrected chi connectivity index (χ4v) is 7.43. The van der Waals surface area contributed by atoms with Gasteiger partial charge >= 0.3 is 47.8 Å². The summed E-state index contributed by atoms with van der Waals surface area (Å²) in [5.41, 5.74) is 7.56. The van der Waals surface area contributed by atoms with Crippen molar-refractivity contribution < 1.29 is 95.2 Å². The van der Waals surface area contributed by atoms with Crippen molar-refractivity contribution >= 4 is 72.1 Å². The number of methoxy groups -OCH3 is 8. The van der Waals surface area contributed by atoms with Crippen molar-refractivity contribution in [2.45, 2.75) is 118 Å². The summed E-state index contributed by atoms with van der Waals surface area (Å²) < 4.78 is 59.5. The molecule has 4 aromatic rings. The first-order valence-electron chi connectivity index (χ1n) is 29.5. The maximum absolute atomic E-state index is 11.1. The highest BCUT2D eigenvalue weighted by Crippen LogP contribution is 2.25. The van der Waals surface area contributed by atoms with E-state index in [0.29, 0.717) is 58.5 Å². The predicted molar refractivity (Wildman–Crippen MR) is 344 cm³/mol. The Morgan fingerprint density at radius 2 is 0.489 bits per heavy atom. The van der Waals surface area contributed by atoms with Crippen LogP contribution in [0.2, 0.25) is 0 Å². The number of hydrogen-bond acceptors (Lipinski definition) is 20. The summed E-state index contributed by atoms with van der Waals surface area (Å²) in [5, 5.41) is 0. The van der Waals surface area contributed by atoms with Gasteiger partial charge in [0.05, 0.1) is 83.3 Å². The highest BCUT2D eigenvalue weighted by Gasteiger charge is 2.08.